The van der Waals surface area contributed by atoms with E-state index in [-0.39, 0.29) is 0 Å². The monoisotopic (exact) mass is 560 g/mol. The van der Waals surface area contributed by atoms with Crippen molar-refractivity contribution >= 4 is 31.5 Å². The molecule has 0 spiro atoms. The molecule has 7 rings (SSSR count). The van der Waals surface area contributed by atoms with Crippen molar-refractivity contribution in [1.82, 2.24) is 0 Å². The highest BCUT2D eigenvalue weighted by atomic mass is 32.1. The summed E-state index contributed by atoms with van der Waals surface area (Å²) in [5.41, 5.74) is 11.6. The molecule has 2 aliphatic rings. The molecular formula is C38H40O2S. The average Bonchev–Trinajstić information content (AvgIpc) is 3.26. The molecule has 0 saturated heterocycles. The Bertz CT molecular complexity index is 1600. The molecule has 0 bridgehead atoms. The lowest BCUT2D eigenvalue weighted by molar-refractivity contribution is 0.305. The van der Waals surface area contributed by atoms with E-state index in [2.05, 4.69) is 74.5 Å². The Morgan fingerprint density at radius 1 is 0.537 bits per heavy atom. The van der Waals surface area contributed by atoms with Crippen LogP contribution in [0.5, 0.6) is 11.5 Å². The van der Waals surface area contributed by atoms with Gasteiger partial charge >= 0.3 is 0 Å². The molecule has 1 heterocycles. The van der Waals surface area contributed by atoms with Crippen molar-refractivity contribution in [2.75, 3.05) is 13.2 Å². The van der Waals surface area contributed by atoms with Crippen LogP contribution < -0.4 is 9.47 Å². The van der Waals surface area contributed by atoms with Crippen molar-refractivity contribution in [3.8, 4) is 11.5 Å². The molecule has 0 N–H and O–H groups in total. The smallest absolute Gasteiger partial charge is 0.122 e. The van der Waals surface area contributed by atoms with Crippen LogP contribution in [0, 0.1) is 13.8 Å². The van der Waals surface area contributed by atoms with Gasteiger partial charge in [0.05, 0.1) is 13.2 Å². The molecule has 2 aliphatic carbocycles. The van der Waals surface area contributed by atoms with E-state index in [1.54, 1.807) is 22.3 Å². The van der Waals surface area contributed by atoms with Gasteiger partial charge in [-0.2, -0.15) is 0 Å². The standard InChI is InChI=1S/C38H40O2S/c1-25-19-37-33(23-35(25)39-17-5-3-7-27-9-11-29-13-15-31(29)21-27)34-24-36(26(2)20-38(34)41-37)40-18-6-4-8-28-10-12-30-14-16-32(30)22-28/h9-12,19-24H,3-8,13-18H2,1-2H3. The Labute approximate surface area is 248 Å². The van der Waals surface area contributed by atoms with Crippen LogP contribution >= 0.6 is 11.3 Å². The second-order valence-corrected chi connectivity index (χ2v) is 13.2. The third-order valence-electron chi connectivity index (χ3n) is 9.17. The van der Waals surface area contributed by atoms with Crippen molar-refractivity contribution in [3.63, 3.8) is 0 Å². The summed E-state index contributed by atoms with van der Waals surface area (Å²) in [4.78, 5) is 0. The number of fused-ring (bicyclic) bond motifs is 5. The molecule has 210 valence electrons. The van der Waals surface area contributed by atoms with Gasteiger partial charge in [0, 0.05) is 20.2 Å². The second kappa shape index (κ2) is 11.5. The molecule has 3 heteroatoms. The number of rotatable bonds is 12. The number of thiophene rings is 1. The summed E-state index contributed by atoms with van der Waals surface area (Å²) in [5.74, 6) is 2.02. The van der Waals surface area contributed by atoms with Crippen LogP contribution in [0.25, 0.3) is 20.2 Å². The van der Waals surface area contributed by atoms with Crippen LogP contribution in [0.15, 0.2) is 60.7 Å². The fourth-order valence-corrected chi connectivity index (χ4v) is 7.64. The summed E-state index contributed by atoms with van der Waals surface area (Å²) in [6.07, 6.45) is 11.8. The molecule has 41 heavy (non-hydrogen) atoms. The number of hydrogen-bond acceptors (Lipinski definition) is 3. The molecule has 0 aliphatic heterocycles. The summed E-state index contributed by atoms with van der Waals surface area (Å²) >= 11 is 1.87. The number of aryl methyl sites for hydroxylation is 8. The van der Waals surface area contributed by atoms with Crippen LogP contribution in [0.2, 0.25) is 0 Å². The van der Waals surface area contributed by atoms with Crippen LogP contribution in [-0.2, 0) is 38.5 Å². The zero-order valence-corrected chi connectivity index (χ0v) is 25.3. The lowest BCUT2D eigenvalue weighted by Gasteiger charge is -2.19. The quantitative estimate of drug-likeness (QED) is 0.141. The lowest BCUT2D eigenvalue weighted by Crippen LogP contribution is -2.08. The van der Waals surface area contributed by atoms with Gasteiger partial charge in [-0.05, 0) is 147 Å². The van der Waals surface area contributed by atoms with E-state index in [0.29, 0.717) is 0 Å². The molecule has 0 saturated carbocycles. The van der Waals surface area contributed by atoms with E-state index in [0.717, 1.165) is 63.2 Å². The van der Waals surface area contributed by atoms with Gasteiger partial charge in [-0.15, -0.1) is 11.3 Å². The van der Waals surface area contributed by atoms with Crippen LogP contribution in [0.1, 0.15) is 70.2 Å². The summed E-state index contributed by atoms with van der Waals surface area (Å²) in [7, 11) is 0. The van der Waals surface area contributed by atoms with Gasteiger partial charge in [0.1, 0.15) is 11.5 Å². The second-order valence-electron chi connectivity index (χ2n) is 12.1. The van der Waals surface area contributed by atoms with Gasteiger partial charge in [-0.25, -0.2) is 0 Å². The third-order valence-corrected chi connectivity index (χ3v) is 10.3. The normalized spacial score (nSPS) is 13.5. The van der Waals surface area contributed by atoms with Crippen molar-refractivity contribution in [2.45, 2.75) is 78.1 Å². The van der Waals surface area contributed by atoms with E-state index >= 15 is 0 Å². The van der Waals surface area contributed by atoms with Crippen LogP contribution in [0.3, 0.4) is 0 Å². The van der Waals surface area contributed by atoms with Crippen LogP contribution in [0.4, 0.5) is 0 Å². The first-order chi connectivity index (χ1) is 20.1. The molecule has 0 fully saturated rings. The van der Waals surface area contributed by atoms with Crippen LogP contribution in [-0.4, -0.2) is 13.2 Å². The Kier molecular flexibility index (Phi) is 7.48. The number of unbranched alkanes of at least 4 members (excludes halogenated alkanes) is 2. The SMILES string of the molecule is Cc1cc2sc3cc(C)c(OCCCCc4ccc5c(c4)CC5)cc3c2cc1OCCCCc1ccc2c(c1)CC2. The zero-order valence-electron chi connectivity index (χ0n) is 24.5. The van der Waals surface area contributed by atoms with E-state index in [4.69, 9.17) is 9.47 Å². The van der Waals surface area contributed by atoms with E-state index in [1.807, 2.05) is 11.3 Å². The predicted molar refractivity (Wildman–Crippen MR) is 173 cm³/mol. The van der Waals surface area contributed by atoms with Crippen molar-refractivity contribution in [1.29, 1.82) is 0 Å². The topological polar surface area (TPSA) is 18.5 Å². The first-order valence-electron chi connectivity index (χ1n) is 15.6. The van der Waals surface area contributed by atoms with Crippen molar-refractivity contribution in [2.24, 2.45) is 0 Å². The summed E-state index contributed by atoms with van der Waals surface area (Å²) in [5, 5.41) is 2.55. The summed E-state index contributed by atoms with van der Waals surface area (Å²) in [6, 6.07) is 23.2. The number of benzene rings is 4. The Balaban J connectivity index is 0.956. The first kappa shape index (κ1) is 26.6. The molecule has 4 aromatic carbocycles. The average molecular weight is 561 g/mol. The van der Waals surface area contributed by atoms with E-state index in [9.17, 15) is 0 Å². The van der Waals surface area contributed by atoms with Crippen molar-refractivity contribution in [3.05, 3.63) is 105 Å². The number of hydrogen-bond donors (Lipinski definition) is 0. The fourth-order valence-electron chi connectivity index (χ4n) is 6.38. The van der Waals surface area contributed by atoms with Gasteiger partial charge in [0.15, 0.2) is 0 Å². The number of ether oxygens (including phenoxy) is 2. The Hall–Kier alpha value is -3.30. The highest BCUT2D eigenvalue weighted by Gasteiger charge is 2.15. The molecule has 0 amide bonds. The minimum absolute atomic E-state index is 0.762. The molecular weight excluding hydrogens is 520 g/mol. The van der Waals surface area contributed by atoms with E-state index in [1.165, 1.54) is 68.1 Å². The van der Waals surface area contributed by atoms with Gasteiger partial charge in [-0.1, -0.05) is 36.4 Å². The molecule has 0 radical (unpaired) electrons. The molecule has 2 nitrogen and oxygen atoms in total. The maximum absolute atomic E-state index is 6.33. The maximum Gasteiger partial charge on any atom is 0.122 e. The molecule has 0 atom stereocenters. The van der Waals surface area contributed by atoms with E-state index < -0.39 is 0 Å². The van der Waals surface area contributed by atoms with Gasteiger partial charge < -0.3 is 9.47 Å². The summed E-state index contributed by atoms with van der Waals surface area (Å²) < 4.78 is 15.3. The maximum atomic E-state index is 6.33. The molecule has 1 aromatic heterocycles. The fraction of sp³-hybridized carbons (Fsp3) is 0.368. The largest absolute Gasteiger partial charge is 0.493 e. The van der Waals surface area contributed by atoms with Crippen molar-refractivity contribution < 1.29 is 9.47 Å². The van der Waals surface area contributed by atoms with Gasteiger partial charge in [0.25, 0.3) is 0 Å². The minimum Gasteiger partial charge on any atom is -0.493 e. The molecule has 0 unspecified atom stereocenters. The minimum atomic E-state index is 0.762. The molecule has 5 aromatic rings. The zero-order chi connectivity index (χ0) is 27.8. The third kappa shape index (κ3) is 5.62. The van der Waals surface area contributed by atoms with Gasteiger partial charge in [-0.3, -0.25) is 0 Å². The highest BCUT2D eigenvalue weighted by molar-refractivity contribution is 7.25. The lowest BCUT2D eigenvalue weighted by atomic mass is 9.86. The first-order valence-corrected chi connectivity index (χ1v) is 16.4. The highest BCUT2D eigenvalue weighted by Crippen LogP contribution is 2.40. The predicted octanol–water partition coefficient (Wildman–Crippen LogP) is 9.67. The van der Waals surface area contributed by atoms with Gasteiger partial charge in [0.2, 0.25) is 0 Å². The summed E-state index contributed by atoms with van der Waals surface area (Å²) in [6.45, 7) is 5.86. The Morgan fingerprint density at radius 2 is 1.00 bits per heavy atom. The Morgan fingerprint density at radius 3 is 1.41 bits per heavy atom.